The number of hydrogen-bond acceptors (Lipinski definition) is 5. The SMILES string of the molecule is CCOC(=O)c1nnn(Cc2ccc(Br)s2)c1C(C)(C)C. The molecule has 0 aliphatic carbocycles. The molecule has 2 rings (SSSR count). The summed E-state index contributed by atoms with van der Waals surface area (Å²) in [4.78, 5) is 13.2. The van der Waals surface area contributed by atoms with Crippen LogP contribution in [0, 0.1) is 0 Å². The van der Waals surface area contributed by atoms with Gasteiger partial charge in [-0.15, -0.1) is 16.4 Å². The number of carbonyl (C=O) groups excluding carboxylic acids is 1. The lowest BCUT2D eigenvalue weighted by atomic mass is 9.90. The quantitative estimate of drug-likeness (QED) is 0.770. The van der Waals surface area contributed by atoms with E-state index in [1.54, 1.807) is 22.9 Å². The van der Waals surface area contributed by atoms with Gasteiger partial charge >= 0.3 is 5.97 Å². The maximum atomic E-state index is 12.0. The number of aromatic nitrogens is 3. The Labute approximate surface area is 136 Å². The van der Waals surface area contributed by atoms with Crippen molar-refractivity contribution in [1.82, 2.24) is 15.0 Å². The molecule has 2 aromatic heterocycles. The second-order valence-electron chi connectivity index (χ2n) is 5.62. The molecule has 0 N–H and O–H groups in total. The van der Waals surface area contributed by atoms with Gasteiger partial charge in [0.25, 0.3) is 0 Å². The van der Waals surface area contributed by atoms with Crippen LogP contribution in [0.2, 0.25) is 0 Å². The first-order valence-electron chi connectivity index (χ1n) is 6.68. The monoisotopic (exact) mass is 371 g/mol. The van der Waals surface area contributed by atoms with Gasteiger partial charge in [-0.2, -0.15) is 0 Å². The molecule has 5 nitrogen and oxygen atoms in total. The van der Waals surface area contributed by atoms with E-state index in [1.807, 2.05) is 32.9 Å². The van der Waals surface area contributed by atoms with Crippen LogP contribution in [-0.4, -0.2) is 27.6 Å². The van der Waals surface area contributed by atoms with Crippen LogP contribution in [-0.2, 0) is 16.7 Å². The first kappa shape index (κ1) is 16.2. The molecule has 0 saturated carbocycles. The largest absolute Gasteiger partial charge is 0.461 e. The van der Waals surface area contributed by atoms with E-state index in [9.17, 15) is 4.79 Å². The molecule has 2 aromatic rings. The van der Waals surface area contributed by atoms with E-state index in [2.05, 4.69) is 26.2 Å². The van der Waals surface area contributed by atoms with Gasteiger partial charge in [-0.1, -0.05) is 26.0 Å². The Kier molecular flexibility index (Phi) is 4.83. The summed E-state index contributed by atoms with van der Waals surface area (Å²) in [6.45, 7) is 8.81. The van der Waals surface area contributed by atoms with Gasteiger partial charge in [0.1, 0.15) is 0 Å². The van der Waals surface area contributed by atoms with Gasteiger partial charge in [-0.25, -0.2) is 9.48 Å². The van der Waals surface area contributed by atoms with Crippen molar-refractivity contribution in [3.63, 3.8) is 0 Å². The summed E-state index contributed by atoms with van der Waals surface area (Å²) in [5, 5.41) is 8.18. The normalized spacial score (nSPS) is 11.7. The smallest absolute Gasteiger partial charge is 0.360 e. The third kappa shape index (κ3) is 3.71. The number of ether oxygens (including phenoxy) is 1. The molecule has 2 heterocycles. The zero-order chi connectivity index (χ0) is 15.6. The average Bonchev–Trinajstić information content (AvgIpc) is 2.96. The standard InChI is InChI=1S/C14H18BrN3O2S/c1-5-20-13(19)11-12(14(2,3)4)18(17-16-11)8-9-6-7-10(15)21-9/h6-7H,5,8H2,1-4H3. The van der Waals surface area contributed by atoms with E-state index >= 15 is 0 Å². The van der Waals surface area contributed by atoms with Gasteiger partial charge in [-0.05, 0) is 35.0 Å². The van der Waals surface area contributed by atoms with E-state index in [-0.39, 0.29) is 5.41 Å². The number of halogens is 1. The van der Waals surface area contributed by atoms with Gasteiger partial charge in [0.05, 0.1) is 22.6 Å². The number of esters is 1. The Morgan fingerprint density at radius 1 is 1.43 bits per heavy atom. The highest BCUT2D eigenvalue weighted by molar-refractivity contribution is 9.11. The Bertz CT molecular complexity index is 643. The molecule has 0 amide bonds. The topological polar surface area (TPSA) is 57.0 Å². The van der Waals surface area contributed by atoms with Crippen LogP contribution in [0.3, 0.4) is 0 Å². The second kappa shape index (κ2) is 6.27. The molecule has 114 valence electrons. The minimum atomic E-state index is -0.416. The average molecular weight is 372 g/mol. The van der Waals surface area contributed by atoms with Crippen LogP contribution in [0.1, 0.15) is 48.8 Å². The van der Waals surface area contributed by atoms with E-state index in [0.717, 1.165) is 14.4 Å². The zero-order valence-electron chi connectivity index (χ0n) is 12.5. The predicted molar refractivity (Wildman–Crippen MR) is 85.8 cm³/mol. The summed E-state index contributed by atoms with van der Waals surface area (Å²) in [5.41, 5.74) is 0.852. The Morgan fingerprint density at radius 2 is 2.14 bits per heavy atom. The molecule has 0 radical (unpaired) electrons. The molecular formula is C14H18BrN3O2S. The first-order chi connectivity index (χ1) is 9.82. The Balaban J connectivity index is 2.39. The molecule has 0 bridgehead atoms. The fraction of sp³-hybridized carbons (Fsp3) is 0.500. The summed E-state index contributed by atoms with van der Waals surface area (Å²) in [7, 11) is 0. The number of thiophene rings is 1. The van der Waals surface area contributed by atoms with Crippen LogP contribution in [0.5, 0.6) is 0 Å². The molecule has 21 heavy (non-hydrogen) atoms. The van der Waals surface area contributed by atoms with Gasteiger partial charge in [-0.3, -0.25) is 0 Å². The third-order valence-corrected chi connectivity index (χ3v) is 4.46. The minimum absolute atomic E-state index is 0.250. The fourth-order valence-electron chi connectivity index (χ4n) is 2.09. The maximum absolute atomic E-state index is 12.0. The van der Waals surface area contributed by atoms with Crippen LogP contribution < -0.4 is 0 Å². The van der Waals surface area contributed by atoms with Crippen LogP contribution >= 0.6 is 27.3 Å². The van der Waals surface area contributed by atoms with Gasteiger partial charge in [0.2, 0.25) is 0 Å². The van der Waals surface area contributed by atoms with Crippen molar-refractivity contribution in [1.29, 1.82) is 0 Å². The van der Waals surface area contributed by atoms with Crippen molar-refractivity contribution in [2.75, 3.05) is 6.61 Å². The van der Waals surface area contributed by atoms with E-state index in [0.29, 0.717) is 18.8 Å². The van der Waals surface area contributed by atoms with E-state index < -0.39 is 5.97 Å². The highest BCUT2D eigenvalue weighted by atomic mass is 79.9. The number of hydrogen-bond donors (Lipinski definition) is 0. The van der Waals surface area contributed by atoms with Crippen molar-refractivity contribution >= 4 is 33.2 Å². The van der Waals surface area contributed by atoms with Crippen molar-refractivity contribution in [2.45, 2.75) is 39.7 Å². The minimum Gasteiger partial charge on any atom is -0.461 e. The lowest BCUT2D eigenvalue weighted by Gasteiger charge is -2.20. The van der Waals surface area contributed by atoms with Gasteiger partial charge < -0.3 is 4.74 Å². The number of nitrogens with zero attached hydrogens (tertiary/aromatic N) is 3. The van der Waals surface area contributed by atoms with Crippen LogP contribution in [0.15, 0.2) is 15.9 Å². The first-order valence-corrected chi connectivity index (χ1v) is 8.29. The molecule has 0 aromatic carbocycles. The summed E-state index contributed by atoms with van der Waals surface area (Å²) < 4.78 is 7.92. The highest BCUT2D eigenvalue weighted by Gasteiger charge is 2.30. The summed E-state index contributed by atoms with van der Waals surface area (Å²) in [5.74, 6) is -0.416. The van der Waals surface area contributed by atoms with Crippen molar-refractivity contribution in [3.8, 4) is 0 Å². The molecule has 7 heteroatoms. The summed E-state index contributed by atoms with van der Waals surface area (Å²) in [6, 6.07) is 4.03. The third-order valence-electron chi connectivity index (χ3n) is 2.85. The predicted octanol–water partition coefficient (Wildman–Crippen LogP) is 3.62. The molecule has 0 aliphatic heterocycles. The molecule has 0 fully saturated rings. The molecule has 0 atom stereocenters. The zero-order valence-corrected chi connectivity index (χ0v) is 14.9. The molecule has 0 spiro atoms. The summed E-state index contributed by atoms with van der Waals surface area (Å²) >= 11 is 5.09. The highest BCUT2D eigenvalue weighted by Crippen LogP contribution is 2.28. The van der Waals surface area contributed by atoms with Gasteiger partial charge in [0, 0.05) is 10.3 Å². The summed E-state index contributed by atoms with van der Waals surface area (Å²) in [6.07, 6.45) is 0. The van der Waals surface area contributed by atoms with Gasteiger partial charge in [0.15, 0.2) is 5.69 Å². The number of rotatable bonds is 4. The Hall–Kier alpha value is -1.21. The van der Waals surface area contributed by atoms with Crippen molar-refractivity contribution in [3.05, 3.63) is 32.2 Å². The van der Waals surface area contributed by atoms with Crippen molar-refractivity contribution < 1.29 is 9.53 Å². The molecule has 0 saturated heterocycles. The number of carbonyl (C=O) groups is 1. The van der Waals surface area contributed by atoms with Crippen LogP contribution in [0.25, 0.3) is 0 Å². The van der Waals surface area contributed by atoms with E-state index in [4.69, 9.17) is 4.74 Å². The second-order valence-corrected chi connectivity index (χ2v) is 8.17. The van der Waals surface area contributed by atoms with E-state index in [1.165, 1.54) is 0 Å². The lowest BCUT2D eigenvalue weighted by molar-refractivity contribution is 0.0516. The molecular weight excluding hydrogens is 354 g/mol. The fourth-order valence-corrected chi connectivity index (χ4v) is 3.55. The van der Waals surface area contributed by atoms with Crippen molar-refractivity contribution in [2.24, 2.45) is 0 Å². The molecule has 0 unspecified atom stereocenters. The maximum Gasteiger partial charge on any atom is 0.360 e. The lowest BCUT2D eigenvalue weighted by Crippen LogP contribution is -2.22. The Morgan fingerprint density at radius 3 is 2.67 bits per heavy atom. The van der Waals surface area contributed by atoms with Crippen LogP contribution in [0.4, 0.5) is 0 Å². The molecule has 0 aliphatic rings.